The molecule has 0 bridgehead atoms. The molecule has 0 amide bonds. The van der Waals surface area contributed by atoms with Gasteiger partial charge in [0.1, 0.15) is 11.5 Å². The molecule has 22 heavy (non-hydrogen) atoms. The number of hydrogen-bond acceptors (Lipinski definition) is 5. The number of aryl methyl sites for hydroxylation is 1. The van der Waals surface area contributed by atoms with Gasteiger partial charge >= 0.3 is 8.80 Å². The van der Waals surface area contributed by atoms with Crippen molar-refractivity contribution in [1.82, 2.24) is 0 Å². The van der Waals surface area contributed by atoms with Crippen LogP contribution in [0, 0.1) is 6.92 Å². The van der Waals surface area contributed by atoms with Crippen LogP contribution in [0.3, 0.4) is 0 Å². The number of ether oxygens (including phenoxy) is 2. The summed E-state index contributed by atoms with van der Waals surface area (Å²) in [5, 5.41) is 0. The lowest BCUT2D eigenvalue weighted by molar-refractivity contribution is 0.0702. The summed E-state index contributed by atoms with van der Waals surface area (Å²) in [4.78, 5) is 0. The summed E-state index contributed by atoms with van der Waals surface area (Å²) in [7, 11) is 0.550. The van der Waals surface area contributed by atoms with E-state index in [0.29, 0.717) is 25.9 Å². The molecule has 0 aromatic heterocycles. The van der Waals surface area contributed by atoms with Gasteiger partial charge in [0.15, 0.2) is 0 Å². The van der Waals surface area contributed by atoms with Crippen molar-refractivity contribution in [2.45, 2.75) is 33.7 Å². The predicted octanol–water partition coefficient (Wildman–Crippen LogP) is 3.14. The SMILES string of the molecule is CCO[Si](Cc1cc(C)c(OC)cc1OC)(OCC)OCC. The highest BCUT2D eigenvalue weighted by Gasteiger charge is 2.41. The van der Waals surface area contributed by atoms with Gasteiger partial charge in [-0.05, 0) is 44.9 Å². The Morgan fingerprint density at radius 1 is 0.818 bits per heavy atom. The highest BCUT2D eigenvalue weighted by Crippen LogP contribution is 2.31. The molecule has 0 unspecified atom stereocenters. The minimum atomic E-state index is -2.76. The molecule has 0 aliphatic heterocycles. The van der Waals surface area contributed by atoms with Gasteiger partial charge in [-0.1, -0.05) is 0 Å². The van der Waals surface area contributed by atoms with E-state index >= 15 is 0 Å². The fourth-order valence-corrected chi connectivity index (χ4v) is 5.07. The Kier molecular flexibility index (Phi) is 7.88. The third-order valence-electron chi connectivity index (χ3n) is 3.30. The Balaban J connectivity index is 3.18. The Bertz CT molecular complexity index is 447. The van der Waals surface area contributed by atoms with Crippen LogP contribution in [-0.2, 0) is 19.3 Å². The molecule has 0 spiro atoms. The molecule has 0 aliphatic carbocycles. The summed E-state index contributed by atoms with van der Waals surface area (Å²) in [5.41, 5.74) is 2.06. The van der Waals surface area contributed by atoms with Crippen LogP contribution in [-0.4, -0.2) is 42.8 Å². The maximum Gasteiger partial charge on any atom is 0.505 e. The number of hydrogen-bond donors (Lipinski definition) is 0. The number of rotatable bonds is 10. The summed E-state index contributed by atoms with van der Waals surface area (Å²) < 4.78 is 28.6. The summed E-state index contributed by atoms with van der Waals surface area (Å²) in [6, 6.07) is 4.53. The maximum atomic E-state index is 5.92. The number of methoxy groups -OCH3 is 2. The monoisotopic (exact) mass is 328 g/mol. The van der Waals surface area contributed by atoms with Gasteiger partial charge in [-0.3, -0.25) is 0 Å². The standard InChI is InChI=1S/C16H28O5Si/c1-7-19-22(20-8-2,21-9-3)12-14-10-13(4)15(17-5)11-16(14)18-6/h10-11H,7-9,12H2,1-6H3. The van der Waals surface area contributed by atoms with Gasteiger partial charge in [-0.2, -0.15) is 0 Å². The third kappa shape index (κ3) is 4.71. The van der Waals surface area contributed by atoms with Crippen molar-refractivity contribution in [3.05, 3.63) is 23.3 Å². The van der Waals surface area contributed by atoms with Gasteiger partial charge in [0.25, 0.3) is 0 Å². The normalized spacial score (nSPS) is 11.5. The summed E-state index contributed by atoms with van der Waals surface area (Å²) in [6.45, 7) is 9.55. The second-order valence-corrected chi connectivity index (χ2v) is 7.38. The molecule has 5 nitrogen and oxygen atoms in total. The maximum absolute atomic E-state index is 5.92. The second-order valence-electron chi connectivity index (χ2n) is 4.79. The highest BCUT2D eigenvalue weighted by atomic mass is 28.4. The van der Waals surface area contributed by atoms with Crippen molar-refractivity contribution in [2.24, 2.45) is 0 Å². The summed E-state index contributed by atoms with van der Waals surface area (Å²) in [6.07, 6.45) is 0. The summed E-state index contributed by atoms with van der Waals surface area (Å²) in [5.74, 6) is 1.57. The molecular weight excluding hydrogens is 300 g/mol. The first-order valence-corrected chi connectivity index (χ1v) is 9.62. The average Bonchev–Trinajstić information content (AvgIpc) is 2.48. The molecule has 0 aliphatic rings. The first-order valence-electron chi connectivity index (χ1n) is 7.69. The van der Waals surface area contributed by atoms with Gasteiger partial charge in [0.2, 0.25) is 0 Å². The zero-order valence-electron chi connectivity index (χ0n) is 14.5. The predicted molar refractivity (Wildman–Crippen MR) is 88.6 cm³/mol. The van der Waals surface area contributed by atoms with Crippen LogP contribution in [0.15, 0.2) is 12.1 Å². The Morgan fingerprint density at radius 3 is 1.73 bits per heavy atom. The van der Waals surface area contributed by atoms with Crippen LogP contribution in [0.2, 0.25) is 0 Å². The van der Waals surface area contributed by atoms with Crippen LogP contribution in [0.1, 0.15) is 31.9 Å². The molecule has 1 aromatic rings. The lowest BCUT2D eigenvalue weighted by Gasteiger charge is -2.29. The molecule has 0 N–H and O–H groups in total. The van der Waals surface area contributed by atoms with E-state index in [-0.39, 0.29) is 0 Å². The molecule has 1 rings (SSSR count). The zero-order chi connectivity index (χ0) is 16.6. The largest absolute Gasteiger partial charge is 0.505 e. The first-order chi connectivity index (χ1) is 10.6. The molecule has 1 aromatic carbocycles. The van der Waals surface area contributed by atoms with Gasteiger partial charge in [0.05, 0.1) is 14.2 Å². The van der Waals surface area contributed by atoms with Gasteiger partial charge in [0, 0.05) is 31.9 Å². The van der Waals surface area contributed by atoms with Crippen LogP contribution in [0.25, 0.3) is 0 Å². The van der Waals surface area contributed by atoms with Crippen LogP contribution in [0.5, 0.6) is 11.5 Å². The van der Waals surface area contributed by atoms with E-state index in [1.807, 2.05) is 33.8 Å². The van der Waals surface area contributed by atoms with E-state index in [2.05, 4.69) is 6.07 Å². The molecular formula is C16H28O5Si. The van der Waals surface area contributed by atoms with Crippen molar-refractivity contribution in [3.63, 3.8) is 0 Å². The van der Waals surface area contributed by atoms with Crippen LogP contribution in [0.4, 0.5) is 0 Å². The number of benzene rings is 1. The van der Waals surface area contributed by atoms with E-state index in [0.717, 1.165) is 22.6 Å². The van der Waals surface area contributed by atoms with Crippen LogP contribution < -0.4 is 9.47 Å². The van der Waals surface area contributed by atoms with E-state index in [1.165, 1.54) is 0 Å². The van der Waals surface area contributed by atoms with Crippen LogP contribution >= 0.6 is 0 Å². The van der Waals surface area contributed by atoms with E-state index in [4.69, 9.17) is 22.8 Å². The van der Waals surface area contributed by atoms with Gasteiger partial charge in [-0.25, -0.2) is 0 Å². The van der Waals surface area contributed by atoms with Crippen molar-refractivity contribution >= 4 is 8.80 Å². The second kappa shape index (κ2) is 9.15. The zero-order valence-corrected chi connectivity index (χ0v) is 15.5. The van der Waals surface area contributed by atoms with Gasteiger partial charge in [-0.15, -0.1) is 0 Å². The molecule has 0 radical (unpaired) electrons. The lowest BCUT2D eigenvalue weighted by atomic mass is 10.1. The first kappa shape index (κ1) is 19.0. The van der Waals surface area contributed by atoms with E-state index in [1.54, 1.807) is 14.2 Å². The molecule has 0 saturated heterocycles. The molecule has 0 atom stereocenters. The quantitative estimate of drug-likeness (QED) is 0.618. The lowest BCUT2D eigenvalue weighted by Crippen LogP contribution is -2.48. The van der Waals surface area contributed by atoms with Crippen molar-refractivity contribution < 1.29 is 22.8 Å². The van der Waals surface area contributed by atoms with E-state index < -0.39 is 8.80 Å². The molecule has 126 valence electrons. The van der Waals surface area contributed by atoms with E-state index in [9.17, 15) is 0 Å². The Morgan fingerprint density at radius 2 is 1.32 bits per heavy atom. The Labute approximate surface area is 134 Å². The molecule has 6 heteroatoms. The minimum Gasteiger partial charge on any atom is -0.496 e. The smallest absolute Gasteiger partial charge is 0.496 e. The topological polar surface area (TPSA) is 46.2 Å². The Hall–Kier alpha value is -1.08. The average molecular weight is 328 g/mol. The van der Waals surface area contributed by atoms with Crippen molar-refractivity contribution in [2.75, 3.05) is 34.0 Å². The molecule has 0 heterocycles. The minimum absolute atomic E-state index is 0.559. The molecule has 0 fully saturated rings. The van der Waals surface area contributed by atoms with Crippen molar-refractivity contribution in [1.29, 1.82) is 0 Å². The fourth-order valence-electron chi connectivity index (χ4n) is 2.45. The van der Waals surface area contributed by atoms with Crippen molar-refractivity contribution in [3.8, 4) is 11.5 Å². The highest BCUT2D eigenvalue weighted by molar-refractivity contribution is 6.60. The van der Waals surface area contributed by atoms with Gasteiger partial charge < -0.3 is 22.8 Å². The molecule has 0 saturated carbocycles. The fraction of sp³-hybridized carbons (Fsp3) is 0.625. The third-order valence-corrected chi connectivity index (χ3v) is 6.30. The summed E-state index contributed by atoms with van der Waals surface area (Å²) >= 11 is 0.